The highest BCUT2D eigenvalue weighted by molar-refractivity contribution is 5.80. The number of nitrogens with zero attached hydrogens (tertiary/aromatic N) is 4. The molecule has 27 heavy (non-hydrogen) atoms. The van der Waals surface area contributed by atoms with E-state index >= 15 is 0 Å². The van der Waals surface area contributed by atoms with Gasteiger partial charge in [0.05, 0.1) is 18.0 Å². The van der Waals surface area contributed by atoms with Gasteiger partial charge >= 0.3 is 0 Å². The number of benzene rings is 1. The van der Waals surface area contributed by atoms with Crippen molar-refractivity contribution in [3.8, 4) is 5.69 Å². The standard InChI is InChI=1S/C21H29N5O/c1-16-19(17(2)26(24-16)18-7-5-4-6-8-18)13-23-20(22-3)25-11-9-21(14-25)10-12-27-15-21/h4-8H,9-15H2,1-3H3,(H,22,23). The summed E-state index contributed by atoms with van der Waals surface area (Å²) in [5, 5.41) is 8.31. The monoisotopic (exact) mass is 367 g/mol. The third-order valence-corrected chi connectivity index (χ3v) is 6.00. The Labute approximate surface area is 161 Å². The number of hydrogen-bond acceptors (Lipinski definition) is 3. The second-order valence-corrected chi connectivity index (χ2v) is 7.77. The Hall–Kier alpha value is -2.34. The van der Waals surface area contributed by atoms with E-state index in [1.807, 2.05) is 29.9 Å². The molecule has 0 radical (unpaired) electrons. The third kappa shape index (κ3) is 3.46. The number of likely N-dealkylation sites (tertiary alicyclic amines) is 1. The normalized spacial score (nSPS) is 22.8. The van der Waals surface area contributed by atoms with E-state index in [2.05, 4.69) is 41.2 Å². The molecular weight excluding hydrogens is 338 g/mol. The molecule has 0 aliphatic carbocycles. The van der Waals surface area contributed by atoms with Crippen molar-refractivity contribution in [1.29, 1.82) is 0 Å². The van der Waals surface area contributed by atoms with Crippen LogP contribution in [0.3, 0.4) is 0 Å². The maximum absolute atomic E-state index is 5.65. The molecule has 2 aliphatic heterocycles. The van der Waals surface area contributed by atoms with Crippen molar-refractivity contribution in [2.45, 2.75) is 33.2 Å². The summed E-state index contributed by atoms with van der Waals surface area (Å²) in [5.74, 6) is 0.977. The van der Waals surface area contributed by atoms with Crippen LogP contribution >= 0.6 is 0 Å². The molecule has 144 valence electrons. The van der Waals surface area contributed by atoms with Crippen LogP contribution in [0.25, 0.3) is 5.69 Å². The van der Waals surface area contributed by atoms with Crippen molar-refractivity contribution in [2.24, 2.45) is 10.4 Å². The van der Waals surface area contributed by atoms with Crippen molar-refractivity contribution in [1.82, 2.24) is 20.0 Å². The van der Waals surface area contributed by atoms with Crippen molar-refractivity contribution in [3.05, 3.63) is 47.3 Å². The number of nitrogens with one attached hydrogen (secondary N) is 1. The summed E-state index contributed by atoms with van der Waals surface area (Å²) in [5.41, 5.74) is 4.89. The van der Waals surface area contributed by atoms with E-state index in [1.165, 1.54) is 24.1 Å². The second kappa shape index (κ2) is 7.35. The zero-order valence-electron chi connectivity index (χ0n) is 16.5. The Balaban J connectivity index is 1.46. The molecule has 1 aromatic heterocycles. The van der Waals surface area contributed by atoms with Gasteiger partial charge in [0, 0.05) is 50.0 Å². The number of aliphatic imine (C=N–C) groups is 1. The van der Waals surface area contributed by atoms with Crippen LogP contribution in [-0.4, -0.2) is 54.0 Å². The van der Waals surface area contributed by atoms with Crippen LogP contribution in [0.1, 0.15) is 29.8 Å². The maximum Gasteiger partial charge on any atom is 0.193 e. The number of ether oxygens (including phenoxy) is 1. The topological polar surface area (TPSA) is 54.7 Å². The van der Waals surface area contributed by atoms with Crippen molar-refractivity contribution >= 4 is 5.96 Å². The van der Waals surface area contributed by atoms with Gasteiger partial charge in [0.2, 0.25) is 0 Å². The van der Waals surface area contributed by atoms with Crippen LogP contribution in [-0.2, 0) is 11.3 Å². The van der Waals surface area contributed by atoms with Gasteiger partial charge in [-0.2, -0.15) is 5.10 Å². The van der Waals surface area contributed by atoms with Crippen LogP contribution in [0.5, 0.6) is 0 Å². The summed E-state index contributed by atoms with van der Waals surface area (Å²) in [6, 6.07) is 10.3. The molecule has 1 atom stereocenters. The summed E-state index contributed by atoms with van der Waals surface area (Å²) in [4.78, 5) is 6.90. The molecule has 0 amide bonds. The highest BCUT2D eigenvalue weighted by atomic mass is 16.5. The first-order chi connectivity index (χ1) is 13.1. The lowest BCUT2D eigenvalue weighted by molar-refractivity contribution is 0.156. The van der Waals surface area contributed by atoms with E-state index in [1.54, 1.807) is 0 Å². The summed E-state index contributed by atoms with van der Waals surface area (Å²) in [7, 11) is 1.87. The number of para-hydroxylation sites is 1. The van der Waals surface area contributed by atoms with E-state index in [0.717, 1.165) is 50.2 Å². The molecule has 1 N–H and O–H groups in total. The molecule has 2 aliphatic rings. The van der Waals surface area contributed by atoms with E-state index in [4.69, 9.17) is 9.84 Å². The van der Waals surface area contributed by atoms with Gasteiger partial charge < -0.3 is 15.0 Å². The largest absolute Gasteiger partial charge is 0.381 e. The van der Waals surface area contributed by atoms with E-state index in [-0.39, 0.29) is 0 Å². The average molecular weight is 367 g/mol. The molecule has 4 rings (SSSR count). The van der Waals surface area contributed by atoms with Gasteiger partial charge in [-0.25, -0.2) is 4.68 Å². The Morgan fingerprint density at radius 2 is 2.07 bits per heavy atom. The molecule has 3 heterocycles. The summed E-state index contributed by atoms with van der Waals surface area (Å²) >= 11 is 0. The Kier molecular flexibility index (Phi) is 4.91. The summed E-state index contributed by atoms with van der Waals surface area (Å²) in [6.45, 7) is 8.81. The van der Waals surface area contributed by atoms with Crippen molar-refractivity contribution in [2.75, 3.05) is 33.4 Å². The third-order valence-electron chi connectivity index (χ3n) is 6.00. The zero-order valence-corrected chi connectivity index (χ0v) is 16.5. The highest BCUT2D eigenvalue weighted by Crippen LogP contribution is 2.38. The van der Waals surface area contributed by atoms with Gasteiger partial charge in [-0.15, -0.1) is 0 Å². The molecule has 2 saturated heterocycles. The maximum atomic E-state index is 5.65. The smallest absolute Gasteiger partial charge is 0.193 e. The minimum Gasteiger partial charge on any atom is -0.381 e. The first-order valence-electron chi connectivity index (χ1n) is 9.76. The fraction of sp³-hybridized carbons (Fsp3) is 0.524. The average Bonchev–Trinajstić information content (AvgIpc) is 3.39. The first-order valence-corrected chi connectivity index (χ1v) is 9.76. The molecule has 1 unspecified atom stereocenters. The van der Waals surface area contributed by atoms with Gasteiger partial charge in [0.15, 0.2) is 5.96 Å². The Bertz CT molecular complexity index is 821. The Morgan fingerprint density at radius 1 is 1.26 bits per heavy atom. The van der Waals surface area contributed by atoms with Crippen molar-refractivity contribution in [3.63, 3.8) is 0 Å². The lowest BCUT2D eigenvalue weighted by atomic mass is 9.87. The minimum atomic E-state index is 0.335. The van der Waals surface area contributed by atoms with Gasteiger partial charge in [-0.05, 0) is 38.8 Å². The fourth-order valence-electron chi connectivity index (χ4n) is 4.34. The number of aryl methyl sites for hydroxylation is 1. The molecule has 6 nitrogen and oxygen atoms in total. The number of rotatable bonds is 3. The molecule has 2 fully saturated rings. The van der Waals surface area contributed by atoms with Crippen LogP contribution in [0.4, 0.5) is 0 Å². The van der Waals surface area contributed by atoms with Gasteiger partial charge in [0.1, 0.15) is 0 Å². The SMILES string of the molecule is CN=C(NCc1c(C)nn(-c2ccccc2)c1C)N1CCC2(CCOC2)C1. The zero-order chi connectivity index (χ0) is 18.9. The quantitative estimate of drug-likeness (QED) is 0.669. The highest BCUT2D eigenvalue weighted by Gasteiger charge is 2.42. The van der Waals surface area contributed by atoms with Crippen LogP contribution in [0.2, 0.25) is 0 Å². The molecular formula is C21H29N5O. The van der Waals surface area contributed by atoms with E-state index < -0.39 is 0 Å². The predicted octanol–water partition coefficient (Wildman–Crippen LogP) is 2.68. The van der Waals surface area contributed by atoms with Crippen LogP contribution in [0.15, 0.2) is 35.3 Å². The second-order valence-electron chi connectivity index (χ2n) is 7.77. The van der Waals surface area contributed by atoms with Crippen LogP contribution < -0.4 is 5.32 Å². The molecule has 1 aromatic carbocycles. The number of hydrogen-bond donors (Lipinski definition) is 1. The molecule has 6 heteroatoms. The number of aromatic nitrogens is 2. The van der Waals surface area contributed by atoms with Gasteiger partial charge in [-0.3, -0.25) is 4.99 Å². The van der Waals surface area contributed by atoms with Crippen molar-refractivity contribution < 1.29 is 4.74 Å². The predicted molar refractivity (Wildman–Crippen MR) is 107 cm³/mol. The molecule has 0 bridgehead atoms. The lowest BCUT2D eigenvalue weighted by Crippen LogP contribution is -2.41. The summed E-state index contributed by atoms with van der Waals surface area (Å²) in [6.07, 6.45) is 2.36. The fourth-order valence-corrected chi connectivity index (χ4v) is 4.34. The summed E-state index contributed by atoms with van der Waals surface area (Å²) < 4.78 is 7.68. The lowest BCUT2D eigenvalue weighted by Gasteiger charge is -2.25. The number of guanidine groups is 1. The van der Waals surface area contributed by atoms with E-state index in [9.17, 15) is 0 Å². The van der Waals surface area contributed by atoms with Gasteiger partial charge in [0.25, 0.3) is 0 Å². The van der Waals surface area contributed by atoms with Crippen LogP contribution in [0, 0.1) is 19.3 Å². The molecule has 2 aromatic rings. The molecule has 1 spiro atoms. The van der Waals surface area contributed by atoms with E-state index in [0.29, 0.717) is 5.41 Å². The van der Waals surface area contributed by atoms with Gasteiger partial charge in [-0.1, -0.05) is 18.2 Å². The first kappa shape index (κ1) is 18.0. The Morgan fingerprint density at radius 3 is 2.78 bits per heavy atom. The molecule has 0 saturated carbocycles. The minimum absolute atomic E-state index is 0.335.